The van der Waals surface area contributed by atoms with Crippen LogP contribution >= 0.6 is 47.1 Å². The molecule has 0 aromatic heterocycles. The molecular weight excluding hydrogens is 1000 g/mol. The van der Waals surface area contributed by atoms with Crippen LogP contribution in [0.1, 0.15) is 119 Å². The number of carbonyl (C=O) groups excluding carboxylic acids is 2. The maximum absolute atomic E-state index is 12.0. The van der Waals surface area contributed by atoms with E-state index in [1.54, 1.807) is 0 Å². The zero-order valence-electron chi connectivity index (χ0n) is 44.5. The highest BCUT2D eigenvalue weighted by Gasteiger charge is 2.31. The summed E-state index contributed by atoms with van der Waals surface area (Å²) in [6.07, 6.45) is 5.57. The summed E-state index contributed by atoms with van der Waals surface area (Å²) < 4.78 is 14.4. The van der Waals surface area contributed by atoms with E-state index in [2.05, 4.69) is 129 Å². The second-order valence-corrected chi connectivity index (χ2v) is 24.8. The molecule has 0 spiro atoms. The fourth-order valence-corrected chi connectivity index (χ4v) is 10.2. The molecule has 12 heteroatoms. The Labute approximate surface area is 460 Å². The van der Waals surface area contributed by atoms with E-state index in [9.17, 15) is 9.59 Å². The van der Waals surface area contributed by atoms with Crippen LogP contribution in [-0.4, -0.2) is 60.8 Å². The van der Waals surface area contributed by atoms with E-state index in [0.29, 0.717) is 36.2 Å². The first kappa shape index (κ1) is 58.3. The lowest BCUT2D eigenvalue weighted by molar-refractivity contribution is 0.0517. The Hall–Kier alpha value is -4.94. The molecule has 2 heterocycles. The minimum atomic E-state index is -0.266. The SMILES string of the molecule is CC(C)(C)SN.CCOC(=O)c1ccc(N2CCC(C(NSC(C)(C)C)c3ccccc3-c3ccc(Cl)cc3)CC2)cc1.CCOC(=O)c1ccc(N2CCC(Cc3ccccc3-c3ccc(Cl)cc3)CC2)cc1. The highest BCUT2D eigenvalue weighted by Crippen LogP contribution is 2.40. The predicted octanol–water partition coefficient (Wildman–Crippen LogP) is 16.2. The summed E-state index contributed by atoms with van der Waals surface area (Å²) in [6, 6.07) is 49.5. The molecule has 0 saturated carbocycles. The minimum absolute atomic E-state index is 0.106. The molecule has 2 aliphatic heterocycles. The van der Waals surface area contributed by atoms with Crippen molar-refractivity contribution in [2.75, 3.05) is 49.2 Å². The molecule has 0 bridgehead atoms. The van der Waals surface area contributed by atoms with Crippen molar-refractivity contribution in [3.05, 3.63) is 178 Å². The van der Waals surface area contributed by atoms with Crippen LogP contribution in [0.2, 0.25) is 10.0 Å². The topological polar surface area (TPSA) is 97.1 Å². The minimum Gasteiger partial charge on any atom is -0.462 e. The molecule has 1 unspecified atom stereocenters. The summed E-state index contributed by atoms with van der Waals surface area (Å²) >= 11 is 15.4. The van der Waals surface area contributed by atoms with Gasteiger partial charge in [0.2, 0.25) is 0 Å². The second-order valence-electron chi connectivity index (χ2n) is 20.8. The van der Waals surface area contributed by atoms with Crippen molar-refractivity contribution >= 4 is 70.4 Å². The van der Waals surface area contributed by atoms with Gasteiger partial charge in [-0.05, 0) is 206 Å². The summed E-state index contributed by atoms with van der Waals surface area (Å²) in [6.45, 7) is 21.4. The molecule has 1 atom stereocenters. The van der Waals surface area contributed by atoms with E-state index in [-0.39, 0.29) is 27.5 Å². The summed E-state index contributed by atoms with van der Waals surface area (Å²) in [5, 5.41) is 6.74. The standard InChI is InChI=1S/C31H37ClN2O2S.C27H28ClNO2.C4H11NS/c1-5-36-30(35)24-12-16-26(17-13-24)34-20-18-23(19-21-34)29(33-37-31(2,3)4)28-9-7-6-8-27(28)22-10-14-25(32)15-11-22;1-2-31-27(30)22-9-13-25(14-10-22)29-17-15-20(16-18-29)19-23-5-3-4-6-26(23)21-7-11-24(28)12-8-21;1-4(2,3)6-5/h6-17,23,29,33H,5,18-21H2,1-4H3;3-14,20H,2,15-19H2,1H3;5H2,1-3H3. The summed E-state index contributed by atoms with van der Waals surface area (Å²) in [5.41, 5.74) is 11.2. The van der Waals surface area contributed by atoms with Crippen molar-refractivity contribution in [2.45, 2.75) is 103 Å². The zero-order chi connectivity index (χ0) is 53.3. The smallest absolute Gasteiger partial charge is 0.338 e. The number of carbonyl (C=O) groups is 2. The number of nitrogens with two attached hydrogens (primary N) is 1. The van der Waals surface area contributed by atoms with Crippen LogP contribution in [-0.2, 0) is 15.9 Å². The van der Waals surface area contributed by atoms with Crippen LogP contribution in [0.4, 0.5) is 11.4 Å². The Balaban J connectivity index is 0.000000220. The van der Waals surface area contributed by atoms with Gasteiger partial charge in [0.15, 0.2) is 0 Å². The fourth-order valence-electron chi connectivity index (χ4n) is 9.17. The monoisotopic (exact) mass is 1070 g/mol. The number of esters is 2. The number of ether oxygens (including phenoxy) is 2. The molecule has 2 saturated heterocycles. The van der Waals surface area contributed by atoms with Crippen molar-refractivity contribution in [1.82, 2.24) is 4.72 Å². The largest absolute Gasteiger partial charge is 0.462 e. The van der Waals surface area contributed by atoms with Gasteiger partial charge in [-0.3, -0.25) is 9.86 Å². The summed E-state index contributed by atoms with van der Waals surface area (Å²) in [4.78, 5) is 28.7. The number of hydrogen-bond donors (Lipinski definition) is 2. The van der Waals surface area contributed by atoms with Gasteiger partial charge < -0.3 is 19.3 Å². The first-order valence-corrected chi connectivity index (χ1v) is 28.4. The van der Waals surface area contributed by atoms with Gasteiger partial charge >= 0.3 is 11.9 Å². The third-order valence-corrected chi connectivity index (χ3v) is 15.3. The van der Waals surface area contributed by atoms with E-state index >= 15 is 0 Å². The van der Waals surface area contributed by atoms with E-state index in [0.717, 1.165) is 74.0 Å². The molecule has 0 radical (unpaired) electrons. The number of halogens is 2. The number of benzene rings is 6. The zero-order valence-corrected chi connectivity index (χ0v) is 47.7. The highest BCUT2D eigenvalue weighted by molar-refractivity contribution is 7.98. The lowest BCUT2D eigenvalue weighted by Gasteiger charge is -2.39. The number of piperidine rings is 2. The van der Waals surface area contributed by atoms with Crippen molar-refractivity contribution in [3.63, 3.8) is 0 Å². The van der Waals surface area contributed by atoms with Gasteiger partial charge in [-0.15, -0.1) is 0 Å². The van der Waals surface area contributed by atoms with Crippen LogP contribution < -0.4 is 19.7 Å². The van der Waals surface area contributed by atoms with E-state index in [4.69, 9.17) is 37.8 Å². The summed E-state index contributed by atoms with van der Waals surface area (Å²) in [5.74, 6) is 0.645. The van der Waals surface area contributed by atoms with Crippen molar-refractivity contribution in [3.8, 4) is 22.3 Å². The average Bonchev–Trinajstić information content (AvgIpc) is 3.40. The molecule has 6 aromatic rings. The molecule has 2 aliphatic rings. The average molecular weight is 1080 g/mol. The number of hydrogen-bond acceptors (Lipinski definition) is 10. The number of anilines is 2. The number of rotatable bonds is 14. The van der Waals surface area contributed by atoms with E-state index in [1.165, 1.54) is 51.0 Å². The normalized spacial score (nSPS) is 14.7. The quantitative estimate of drug-likeness (QED) is 0.0811. The van der Waals surface area contributed by atoms with E-state index in [1.807, 2.05) is 98.6 Å². The van der Waals surface area contributed by atoms with Gasteiger partial charge in [-0.1, -0.05) is 120 Å². The Morgan fingerprint density at radius 3 is 1.46 bits per heavy atom. The number of nitrogens with one attached hydrogen (secondary N) is 1. The maximum Gasteiger partial charge on any atom is 0.338 e. The van der Waals surface area contributed by atoms with Crippen LogP contribution in [0.15, 0.2) is 146 Å². The first-order valence-electron chi connectivity index (χ1n) is 26.0. The third-order valence-electron chi connectivity index (χ3n) is 13.1. The van der Waals surface area contributed by atoms with Gasteiger partial charge in [-0.2, -0.15) is 0 Å². The van der Waals surface area contributed by atoms with Crippen molar-refractivity contribution in [1.29, 1.82) is 0 Å². The lowest BCUT2D eigenvalue weighted by Crippen LogP contribution is -2.38. The molecule has 0 aliphatic carbocycles. The third kappa shape index (κ3) is 17.8. The molecule has 6 aromatic carbocycles. The highest BCUT2D eigenvalue weighted by atomic mass is 35.5. The fraction of sp³-hybridized carbons (Fsp3) is 0.387. The van der Waals surface area contributed by atoms with Crippen molar-refractivity contribution in [2.24, 2.45) is 17.0 Å². The van der Waals surface area contributed by atoms with Gasteiger partial charge in [0.1, 0.15) is 0 Å². The molecule has 3 N–H and O–H groups in total. The Morgan fingerprint density at radius 1 is 0.595 bits per heavy atom. The van der Waals surface area contributed by atoms with Gasteiger partial charge in [-0.25, -0.2) is 9.59 Å². The molecule has 394 valence electrons. The van der Waals surface area contributed by atoms with Gasteiger partial charge in [0.25, 0.3) is 0 Å². The predicted molar refractivity (Wildman–Crippen MR) is 317 cm³/mol. The Bertz CT molecular complexity index is 2660. The van der Waals surface area contributed by atoms with Gasteiger partial charge in [0.05, 0.1) is 24.3 Å². The van der Waals surface area contributed by atoms with Crippen LogP contribution in [0, 0.1) is 11.8 Å². The second kappa shape index (κ2) is 28.3. The Kier molecular flexibility index (Phi) is 22.3. The molecule has 8 rings (SSSR count). The van der Waals surface area contributed by atoms with E-state index < -0.39 is 0 Å². The molecular formula is C62H76Cl2N4O4S2. The van der Waals surface area contributed by atoms with Crippen LogP contribution in [0.25, 0.3) is 22.3 Å². The van der Waals surface area contributed by atoms with Gasteiger partial charge in [0, 0.05) is 63.1 Å². The molecule has 74 heavy (non-hydrogen) atoms. The van der Waals surface area contributed by atoms with Crippen LogP contribution in [0.5, 0.6) is 0 Å². The lowest BCUT2D eigenvalue weighted by atomic mass is 9.83. The molecule has 0 amide bonds. The maximum atomic E-state index is 12.0. The van der Waals surface area contributed by atoms with Crippen molar-refractivity contribution < 1.29 is 19.1 Å². The Morgan fingerprint density at radius 2 is 1.01 bits per heavy atom. The molecule has 2 fully saturated rings. The number of nitrogens with zero attached hydrogens (tertiary/aromatic N) is 2. The van der Waals surface area contributed by atoms with Crippen LogP contribution in [0.3, 0.4) is 0 Å². The first-order chi connectivity index (χ1) is 35.4. The summed E-state index contributed by atoms with van der Waals surface area (Å²) in [7, 11) is 0. The molecule has 8 nitrogen and oxygen atoms in total.